The van der Waals surface area contributed by atoms with E-state index in [4.69, 9.17) is 5.11 Å². The first kappa shape index (κ1) is 7.53. The van der Waals surface area contributed by atoms with Gasteiger partial charge < -0.3 is 10.1 Å². The monoisotopic (exact) mass is 153 g/mol. The Balaban J connectivity index is 2.94. The zero-order chi connectivity index (χ0) is 8.43. The first-order valence-corrected chi connectivity index (χ1v) is 3.04. The van der Waals surface area contributed by atoms with Crippen molar-refractivity contribution in [2.24, 2.45) is 0 Å². The van der Waals surface area contributed by atoms with E-state index in [1.807, 2.05) is 0 Å². The highest BCUT2D eigenvalue weighted by Crippen LogP contribution is 2.00. The molecule has 0 atom stereocenters. The fourth-order valence-corrected chi connectivity index (χ4v) is 0.752. The summed E-state index contributed by atoms with van der Waals surface area (Å²) in [6.07, 6.45) is 0. The molecule has 2 N–H and O–H groups in total. The average molecular weight is 153 g/mol. The maximum atomic E-state index is 10.7. The SMILES string of the molecule is Cc1ccc(C(=O)C(=O)O)[nH]1. The van der Waals surface area contributed by atoms with Crippen molar-refractivity contribution in [3.8, 4) is 0 Å². The standard InChI is InChI=1S/C7H7NO3/c1-4-2-3-5(8-4)6(9)7(10)11/h2-3,8H,1H3,(H,10,11). The van der Waals surface area contributed by atoms with Gasteiger partial charge in [0, 0.05) is 5.69 Å². The number of carboxylic acids is 1. The topological polar surface area (TPSA) is 70.2 Å². The molecule has 0 spiro atoms. The molecule has 0 aromatic carbocycles. The maximum Gasteiger partial charge on any atom is 0.378 e. The number of ketones is 1. The Kier molecular flexibility index (Phi) is 1.76. The second-order valence-electron chi connectivity index (χ2n) is 2.19. The molecule has 4 heteroatoms. The number of nitrogens with one attached hydrogen (secondary N) is 1. The number of carbonyl (C=O) groups excluding carboxylic acids is 1. The Hall–Kier alpha value is -1.58. The molecule has 0 saturated heterocycles. The van der Waals surface area contributed by atoms with Crippen molar-refractivity contribution in [2.75, 3.05) is 0 Å². The van der Waals surface area contributed by atoms with Crippen molar-refractivity contribution >= 4 is 11.8 Å². The Morgan fingerprint density at radius 1 is 1.45 bits per heavy atom. The Morgan fingerprint density at radius 2 is 2.09 bits per heavy atom. The molecule has 1 heterocycles. The highest BCUT2D eigenvalue weighted by molar-refractivity contribution is 6.39. The quantitative estimate of drug-likeness (QED) is 0.482. The number of H-pyrrole nitrogens is 1. The maximum absolute atomic E-state index is 10.7. The number of hydrogen-bond acceptors (Lipinski definition) is 2. The number of aryl methyl sites for hydroxylation is 1. The minimum absolute atomic E-state index is 0.120. The van der Waals surface area contributed by atoms with E-state index < -0.39 is 11.8 Å². The number of aromatic amines is 1. The van der Waals surface area contributed by atoms with E-state index in [1.54, 1.807) is 13.0 Å². The smallest absolute Gasteiger partial charge is 0.378 e. The molecule has 0 aliphatic carbocycles. The van der Waals surface area contributed by atoms with E-state index in [0.717, 1.165) is 5.69 Å². The molecule has 58 valence electrons. The highest BCUT2D eigenvalue weighted by atomic mass is 16.4. The Bertz CT molecular complexity index is 300. The van der Waals surface area contributed by atoms with Gasteiger partial charge in [-0.1, -0.05) is 0 Å². The fraction of sp³-hybridized carbons (Fsp3) is 0.143. The van der Waals surface area contributed by atoms with Gasteiger partial charge in [-0.3, -0.25) is 4.79 Å². The lowest BCUT2D eigenvalue weighted by Gasteiger charge is -1.88. The van der Waals surface area contributed by atoms with Crippen LogP contribution in [0.5, 0.6) is 0 Å². The molecule has 0 saturated carbocycles. The van der Waals surface area contributed by atoms with Crippen LogP contribution in [-0.2, 0) is 4.79 Å². The molecule has 0 unspecified atom stereocenters. The molecular formula is C7H7NO3. The van der Waals surface area contributed by atoms with Crippen molar-refractivity contribution < 1.29 is 14.7 Å². The number of carboxylic acid groups (broad SMARTS) is 1. The molecule has 0 aliphatic rings. The summed E-state index contributed by atoms with van der Waals surface area (Å²) in [6, 6.07) is 3.10. The van der Waals surface area contributed by atoms with E-state index in [0.29, 0.717) is 0 Å². The van der Waals surface area contributed by atoms with E-state index in [2.05, 4.69) is 4.98 Å². The second-order valence-corrected chi connectivity index (χ2v) is 2.19. The van der Waals surface area contributed by atoms with Crippen molar-refractivity contribution in [1.82, 2.24) is 4.98 Å². The first-order chi connectivity index (χ1) is 5.11. The van der Waals surface area contributed by atoms with E-state index >= 15 is 0 Å². The molecule has 0 radical (unpaired) electrons. The van der Waals surface area contributed by atoms with E-state index in [1.165, 1.54) is 6.07 Å². The summed E-state index contributed by atoms with van der Waals surface area (Å²) in [5.74, 6) is -2.34. The summed E-state index contributed by atoms with van der Waals surface area (Å²) in [6.45, 7) is 1.75. The van der Waals surface area contributed by atoms with Crippen LogP contribution in [0.4, 0.5) is 0 Å². The average Bonchev–Trinajstić information content (AvgIpc) is 2.34. The van der Waals surface area contributed by atoms with Gasteiger partial charge in [0.15, 0.2) is 0 Å². The zero-order valence-corrected chi connectivity index (χ0v) is 5.92. The minimum Gasteiger partial charge on any atom is -0.475 e. The number of aromatic nitrogens is 1. The van der Waals surface area contributed by atoms with Gasteiger partial charge in [0.1, 0.15) is 0 Å². The molecule has 0 fully saturated rings. The van der Waals surface area contributed by atoms with Crippen LogP contribution >= 0.6 is 0 Å². The van der Waals surface area contributed by atoms with Crippen LogP contribution < -0.4 is 0 Å². The van der Waals surface area contributed by atoms with Crippen molar-refractivity contribution in [1.29, 1.82) is 0 Å². The molecule has 4 nitrogen and oxygen atoms in total. The van der Waals surface area contributed by atoms with Gasteiger partial charge in [-0.25, -0.2) is 4.79 Å². The normalized spacial score (nSPS) is 9.55. The summed E-state index contributed by atoms with van der Waals surface area (Å²) in [4.78, 5) is 23.5. The Morgan fingerprint density at radius 3 is 2.45 bits per heavy atom. The van der Waals surface area contributed by atoms with Crippen molar-refractivity contribution in [2.45, 2.75) is 6.92 Å². The lowest BCUT2D eigenvalue weighted by atomic mass is 10.3. The third kappa shape index (κ3) is 1.46. The summed E-state index contributed by atoms with van der Waals surface area (Å²) < 4.78 is 0. The van der Waals surface area contributed by atoms with Gasteiger partial charge >= 0.3 is 5.97 Å². The van der Waals surface area contributed by atoms with Gasteiger partial charge in [0.05, 0.1) is 5.69 Å². The number of rotatable bonds is 2. The van der Waals surface area contributed by atoms with Crippen molar-refractivity contribution in [3.63, 3.8) is 0 Å². The third-order valence-electron chi connectivity index (χ3n) is 1.27. The first-order valence-electron chi connectivity index (χ1n) is 3.04. The predicted molar refractivity (Wildman–Crippen MR) is 37.5 cm³/mol. The molecule has 1 aromatic rings. The van der Waals surface area contributed by atoms with Crippen LogP contribution in [0.15, 0.2) is 12.1 Å². The second kappa shape index (κ2) is 2.57. The van der Waals surface area contributed by atoms with Gasteiger partial charge in [0.2, 0.25) is 0 Å². The van der Waals surface area contributed by atoms with E-state index in [-0.39, 0.29) is 5.69 Å². The lowest BCUT2D eigenvalue weighted by Crippen LogP contribution is -2.12. The van der Waals surface area contributed by atoms with E-state index in [9.17, 15) is 9.59 Å². The van der Waals surface area contributed by atoms with Gasteiger partial charge in [-0.2, -0.15) is 0 Å². The summed E-state index contributed by atoms with van der Waals surface area (Å²) in [7, 11) is 0. The van der Waals surface area contributed by atoms with Crippen LogP contribution in [-0.4, -0.2) is 21.8 Å². The van der Waals surface area contributed by atoms with Crippen LogP contribution in [0.2, 0.25) is 0 Å². The molecular weight excluding hydrogens is 146 g/mol. The lowest BCUT2D eigenvalue weighted by molar-refractivity contribution is -0.131. The van der Waals surface area contributed by atoms with Gasteiger partial charge in [-0.05, 0) is 19.1 Å². The molecule has 0 bridgehead atoms. The number of aliphatic carboxylic acids is 1. The molecule has 1 aromatic heterocycles. The molecule has 0 aliphatic heterocycles. The molecule has 1 rings (SSSR count). The highest BCUT2D eigenvalue weighted by Gasteiger charge is 2.14. The number of Topliss-reactive ketones (excluding diaryl/α,β-unsaturated/α-hetero) is 1. The number of hydrogen-bond donors (Lipinski definition) is 2. The number of carbonyl (C=O) groups is 2. The summed E-state index contributed by atoms with van der Waals surface area (Å²) >= 11 is 0. The third-order valence-corrected chi connectivity index (χ3v) is 1.27. The van der Waals surface area contributed by atoms with Gasteiger partial charge in [0.25, 0.3) is 5.78 Å². The molecule has 11 heavy (non-hydrogen) atoms. The predicted octanol–water partition coefficient (Wildman–Crippen LogP) is 0.590. The van der Waals surface area contributed by atoms with Crippen LogP contribution in [0, 0.1) is 6.92 Å². The summed E-state index contributed by atoms with van der Waals surface area (Å²) in [5, 5.41) is 8.28. The fourth-order valence-electron chi connectivity index (χ4n) is 0.752. The summed E-state index contributed by atoms with van der Waals surface area (Å²) in [5.41, 5.74) is 0.893. The molecule has 0 amide bonds. The van der Waals surface area contributed by atoms with Gasteiger partial charge in [-0.15, -0.1) is 0 Å². The van der Waals surface area contributed by atoms with Crippen LogP contribution in [0.25, 0.3) is 0 Å². The largest absolute Gasteiger partial charge is 0.475 e. The van der Waals surface area contributed by atoms with Crippen LogP contribution in [0.3, 0.4) is 0 Å². The van der Waals surface area contributed by atoms with Crippen LogP contribution in [0.1, 0.15) is 16.2 Å². The minimum atomic E-state index is -1.44. The van der Waals surface area contributed by atoms with Crippen molar-refractivity contribution in [3.05, 3.63) is 23.5 Å². The Labute approximate surface area is 62.9 Å². The zero-order valence-electron chi connectivity index (χ0n) is 5.92.